The van der Waals surface area contributed by atoms with Crippen LogP contribution in [0.1, 0.15) is 24.8 Å². The van der Waals surface area contributed by atoms with Crippen molar-refractivity contribution < 1.29 is 23.9 Å². The minimum Gasteiger partial charge on any atom is -0.469 e. The van der Waals surface area contributed by atoms with Crippen molar-refractivity contribution in [2.45, 2.75) is 24.9 Å². The molecule has 6 nitrogen and oxygen atoms in total. The van der Waals surface area contributed by atoms with E-state index in [4.69, 9.17) is 9.57 Å². The van der Waals surface area contributed by atoms with Gasteiger partial charge < -0.3 is 14.3 Å². The van der Waals surface area contributed by atoms with Crippen LogP contribution in [0.5, 0.6) is 0 Å². The van der Waals surface area contributed by atoms with Crippen LogP contribution in [0.25, 0.3) is 0 Å². The van der Waals surface area contributed by atoms with E-state index in [0.717, 1.165) is 5.56 Å². The number of carbonyl (C=O) groups excluding carboxylic acids is 2. The summed E-state index contributed by atoms with van der Waals surface area (Å²) in [7, 11) is 2.58. The lowest BCUT2D eigenvalue weighted by molar-refractivity contribution is -0.168. The van der Waals surface area contributed by atoms with E-state index >= 15 is 0 Å². The van der Waals surface area contributed by atoms with Crippen LogP contribution in [0.4, 0.5) is 0 Å². The largest absolute Gasteiger partial charge is 0.469 e. The van der Waals surface area contributed by atoms with E-state index in [1.807, 2.05) is 30.3 Å². The summed E-state index contributed by atoms with van der Waals surface area (Å²) in [6, 6.07) is 9.42. The number of esters is 2. The van der Waals surface area contributed by atoms with Crippen LogP contribution in [0.2, 0.25) is 0 Å². The Kier molecular flexibility index (Phi) is 4.57. The Morgan fingerprint density at radius 3 is 2.57 bits per heavy atom. The van der Waals surface area contributed by atoms with Crippen LogP contribution < -0.4 is 0 Å². The number of benzene rings is 1. The Hall–Kier alpha value is -2.37. The van der Waals surface area contributed by atoms with Crippen molar-refractivity contribution in [3.63, 3.8) is 0 Å². The maximum Gasteiger partial charge on any atom is 0.353 e. The fourth-order valence-corrected chi connectivity index (χ4v) is 2.20. The molecule has 0 radical (unpaired) electrons. The van der Waals surface area contributed by atoms with Gasteiger partial charge in [0.2, 0.25) is 5.60 Å². The maximum absolute atomic E-state index is 12.0. The van der Waals surface area contributed by atoms with Crippen LogP contribution in [-0.2, 0) is 23.9 Å². The smallest absolute Gasteiger partial charge is 0.353 e. The number of hydrogen-bond acceptors (Lipinski definition) is 6. The standard InChI is InChI=1S/C15H17NO5/c1-19-13(17)8-9-15(14(18)20-2)10-12(16-21-15)11-6-4-3-5-7-11/h3-7H,8-10H2,1-2H3. The fourth-order valence-electron chi connectivity index (χ4n) is 2.20. The van der Waals surface area contributed by atoms with E-state index < -0.39 is 17.5 Å². The van der Waals surface area contributed by atoms with Gasteiger partial charge in [0.25, 0.3) is 0 Å². The molecule has 0 bridgehead atoms. The third-order valence-electron chi connectivity index (χ3n) is 3.41. The van der Waals surface area contributed by atoms with Gasteiger partial charge in [-0.2, -0.15) is 0 Å². The second kappa shape index (κ2) is 6.39. The Balaban J connectivity index is 2.14. The van der Waals surface area contributed by atoms with E-state index in [1.165, 1.54) is 14.2 Å². The van der Waals surface area contributed by atoms with Crippen LogP contribution in [0.15, 0.2) is 35.5 Å². The normalized spacial score (nSPS) is 20.4. The molecule has 0 spiro atoms. The molecule has 1 atom stereocenters. The van der Waals surface area contributed by atoms with E-state index in [-0.39, 0.29) is 19.3 Å². The molecule has 6 heteroatoms. The topological polar surface area (TPSA) is 74.2 Å². The predicted octanol–water partition coefficient (Wildman–Crippen LogP) is 1.68. The van der Waals surface area contributed by atoms with Crippen LogP contribution in [0, 0.1) is 0 Å². The molecule has 0 aromatic heterocycles. The first-order valence-corrected chi connectivity index (χ1v) is 6.57. The van der Waals surface area contributed by atoms with Gasteiger partial charge in [-0.1, -0.05) is 35.5 Å². The summed E-state index contributed by atoms with van der Waals surface area (Å²) < 4.78 is 9.39. The molecule has 1 unspecified atom stereocenters. The molecule has 0 saturated carbocycles. The summed E-state index contributed by atoms with van der Waals surface area (Å²) in [5.74, 6) is -0.948. The fraction of sp³-hybridized carbons (Fsp3) is 0.400. The molecule has 1 aromatic rings. The lowest BCUT2D eigenvalue weighted by Gasteiger charge is -2.22. The van der Waals surface area contributed by atoms with E-state index in [9.17, 15) is 9.59 Å². The maximum atomic E-state index is 12.0. The molecule has 0 fully saturated rings. The Labute approximate surface area is 122 Å². The third kappa shape index (κ3) is 3.21. The first-order chi connectivity index (χ1) is 10.1. The first-order valence-electron chi connectivity index (χ1n) is 6.57. The van der Waals surface area contributed by atoms with Gasteiger partial charge in [-0.05, 0) is 5.56 Å². The van der Waals surface area contributed by atoms with Crippen molar-refractivity contribution in [2.75, 3.05) is 14.2 Å². The lowest BCUT2D eigenvalue weighted by atomic mass is 9.90. The molecular weight excluding hydrogens is 274 g/mol. The molecule has 2 rings (SSSR count). The molecule has 1 aliphatic rings. The van der Waals surface area contributed by atoms with Crippen LogP contribution >= 0.6 is 0 Å². The number of ether oxygens (including phenoxy) is 2. The van der Waals surface area contributed by atoms with E-state index in [1.54, 1.807) is 0 Å². The molecule has 21 heavy (non-hydrogen) atoms. The van der Waals surface area contributed by atoms with Crippen molar-refractivity contribution in [2.24, 2.45) is 5.16 Å². The summed E-state index contributed by atoms with van der Waals surface area (Å²) >= 11 is 0. The monoisotopic (exact) mass is 291 g/mol. The zero-order valence-corrected chi connectivity index (χ0v) is 12.0. The molecule has 1 heterocycles. The van der Waals surface area contributed by atoms with Crippen molar-refractivity contribution >= 4 is 17.7 Å². The average molecular weight is 291 g/mol. The highest BCUT2D eigenvalue weighted by molar-refractivity contribution is 6.04. The lowest BCUT2D eigenvalue weighted by Crippen LogP contribution is -2.40. The summed E-state index contributed by atoms with van der Waals surface area (Å²) in [6.07, 6.45) is 0.482. The van der Waals surface area contributed by atoms with Crippen molar-refractivity contribution in [3.05, 3.63) is 35.9 Å². The number of carbonyl (C=O) groups is 2. The number of nitrogens with zero attached hydrogens (tertiary/aromatic N) is 1. The number of oxime groups is 1. The summed E-state index contributed by atoms with van der Waals surface area (Å²) in [6.45, 7) is 0. The van der Waals surface area contributed by atoms with Crippen molar-refractivity contribution in [1.29, 1.82) is 0 Å². The molecular formula is C15H17NO5. The summed E-state index contributed by atoms with van der Waals surface area (Å²) in [5.41, 5.74) is 0.279. The number of rotatable bonds is 5. The molecule has 112 valence electrons. The van der Waals surface area contributed by atoms with Gasteiger partial charge in [-0.15, -0.1) is 0 Å². The van der Waals surface area contributed by atoms with Gasteiger partial charge in [0.05, 0.1) is 26.4 Å². The van der Waals surface area contributed by atoms with Gasteiger partial charge >= 0.3 is 11.9 Å². The first kappa shape index (κ1) is 15.0. The molecule has 0 aliphatic carbocycles. The zero-order valence-electron chi connectivity index (χ0n) is 12.0. The third-order valence-corrected chi connectivity index (χ3v) is 3.41. The summed E-state index contributed by atoms with van der Waals surface area (Å²) in [5, 5.41) is 4.00. The highest BCUT2D eigenvalue weighted by atomic mass is 16.7. The zero-order chi connectivity index (χ0) is 15.3. The van der Waals surface area contributed by atoms with Crippen molar-refractivity contribution in [3.8, 4) is 0 Å². The van der Waals surface area contributed by atoms with Crippen LogP contribution in [0.3, 0.4) is 0 Å². The SMILES string of the molecule is COC(=O)CCC1(C(=O)OC)CC(c2ccccc2)=NO1. The second-order valence-electron chi connectivity index (χ2n) is 4.73. The van der Waals surface area contributed by atoms with Gasteiger partial charge in [0.1, 0.15) is 0 Å². The van der Waals surface area contributed by atoms with E-state index in [0.29, 0.717) is 5.71 Å². The van der Waals surface area contributed by atoms with Gasteiger partial charge in [-0.25, -0.2) is 4.79 Å². The van der Waals surface area contributed by atoms with Gasteiger partial charge in [0.15, 0.2) is 0 Å². The predicted molar refractivity (Wildman–Crippen MR) is 74.7 cm³/mol. The van der Waals surface area contributed by atoms with Gasteiger partial charge in [-0.3, -0.25) is 4.79 Å². The van der Waals surface area contributed by atoms with Crippen LogP contribution in [-0.4, -0.2) is 37.5 Å². The Morgan fingerprint density at radius 2 is 1.95 bits per heavy atom. The molecule has 1 aromatic carbocycles. The quantitative estimate of drug-likeness (QED) is 0.772. The Bertz CT molecular complexity index is 554. The minimum atomic E-state index is -1.26. The van der Waals surface area contributed by atoms with Gasteiger partial charge in [0, 0.05) is 12.8 Å². The van der Waals surface area contributed by atoms with Crippen molar-refractivity contribution in [1.82, 2.24) is 0 Å². The molecule has 0 saturated heterocycles. The highest BCUT2D eigenvalue weighted by Crippen LogP contribution is 2.32. The minimum absolute atomic E-state index is 0.0587. The molecule has 0 amide bonds. The number of methoxy groups -OCH3 is 2. The second-order valence-corrected chi connectivity index (χ2v) is 4.73. The summed E-state index contributed by atoms with van der Waals surface area (Å²) in [4.78, 5) is 28.7. The molecule has 0 N–H and O–H groups in total. The number of hydrogen-bond donors (Lipinski definition) is 0. The average Bonchev–Trinajstić information content (AvgIpc) is 2.98. The van der Waals surface area contributed by atoms with E-state index in [2.05, 4.69) is 9.89 Å². The Morgan fingerprint density at radius 1 is 1.24 bits per heavy atom. The molecule has 1 aliphatic heterocycles. The highest BCUT2D eigenvalue weighted by Gasteiger charge is 2.48.